The normalized spacial score (nSPS) is 16.2. The first-order valence-electron chi connectivity index (χ1n) is 7.78. The Labute approximate surface area is 163 Å². The molecule has 5 nitrogen and oxygen atoms in total. The van der Waals surface area contributed by atoms with Gasteiger partial charge in [0.2, 0.25) is 0 Å². The van der Waals surface area contributed by atoms with Crippen LogP contribution < -0.4 is 20.1 Å². The van der Waals surface area contributed by atoms with E-state index in [4.69, 9.17) is 9.47 Å². The molecule has 2 N–H and O–H groups in total. The summed E-state index contributed by atoms with van der Waals surface area (Å²) >= 11 is 1.71. The summed E-state index contributed by atoms with van der Waals surface area (Å²) in [7, 11) is 0. The van der Waals surface area contributed by atoms with Crippen molar-refractivity contribution in [3.63, 3.8) is 0 Å². The van der Waals surface area contributed by atoms with E-state index in [1.165, 1.54) is 4.88 Å². The van der Waals surface area contributed by atoms with Gasteiger partial charge in [-0.05, 0) is 30.5 Å². The summed E-state index contributed by atoms with van der Waals surface area (Å²) in [6, 6.07) is 11.9. The maximum absolute atomic E-state index is 5.94. The zero-order valence-electron chi connectivity index (χ0n) is 13.5. The number of benzene rings is 1. The molecule has 3 rings (SSSR count). The molecule has 0 bridgehead atoms. The lowest BCUT2D eigenvalue weighted by molar-refractivity contribution is 0.0936. The van der Waals surface area contributed by atoms with E-state index < -0.39 is 0 Å². The second kappa shape index (κ2) is 9.73. The van der Waals surface area contributed by atoms with Gasteiger partial charge in [0.15, 0.2) is 17.5 Å². The Morgan fingerprint density at radius 3 is 2.79 bits per heavy atom. The summed E-state index contributed by atoms with van der Waals surface area (Å²) in [5.41, 5.74) is 0. The van der Waals surface area contributed by atoms with Gasteiger partial charge in [0.1, 0.15) is 12.7 Å². The van der Waals surface area contributed by atoms with Gasteiger partial charge in [-0.1, -0.05) is 18.2 Å². The summed E-state index contributed by atoms with van der Waals surface area (Å²) in [6.07, 6.45) is -0.0320. The molecule has 7 heteroatoms. The molecule has 1 aromatic heterocycles. The minimum Gasteiger partial charge on any atom is -0.486 e. The van der Waals surface area contributed by atoms with Crippen molar-refractivity contribution in [2.24, 2.45) is 4.99 Å². The fraction of sp³-hybridized carbons (Fsp3) is 0.353. The summed E-state index contributed by atoms with van der Waals surface area (Å²) in [5, 5.41) is 8.64. The van der Waals surface area contributed by atoms with Crippen molar-refractivity contribution in [1.82, 2.24) is 10.6 Å². The van der Waals surface area contributed by atoms with Crippen molar-refractivity contribution in [2.75, 3.05) is 19.7 Å². The van der Waals surface area contributed by atoms with Crippen LogP contribution in [0.3, 0.4) is 0 Å². The Morgan fingerprint density at radius 2 is 2.04 bits per heavy atom. The number of hydrogen-bond acceptors (Lipinski definition) is 4. The van der Waals surface area contributed by atoms with Gasteiger partial charge in [-0.15, -0.1) is 35.3 Å². The molecule has 0 aliphatic carbocycles. The lowest BCUT2D eigenvalue weighted by Crippen LogP contribution is -2.45. The van der Waals surface area contributed by atoms with Crippen LogP contribution in [0.25, 0.3) is 0 Å². The van der Waals surface area contributed by atoms with Gasteiger partial charge in [0, 0.05) is 11.4 Å². The van der Waals surface area contributed by atoms with Crippen LogP contribution in [0.5, 0.6) is 11.5 Å². The molecule has 2 aromatic rings. The molecule has 0 saturated heterocycles. The molecule has 1 aromatic carbocycles. The minimum atomic E-state index is -0.0320. The largest absolute Gasteiger partial charge is 0.486 e. The second-order valence-corrected chi connectivity index (χ2v) is 6.19. The Kier molecular flexibility index (Phi) is 7.64. The number of thiophene rings is 1. The molecule has 0 amide bonds. The van der Waals surface area contributed by atoms with Crippen LogP contribution in [0.1, 0.15) is 11.8 Å². The van der Waals surface area contributed by atoms with Crippen molar-refractivity contribution >= 4 is 41.3 Å². The highest BCUT2D eigenvalue weighted by Crippen LogP contribution is 2.30. The van der Waals surface area contributed by atoms with Crippen LogP contribution in [0.2, 0.25) is 0 Å². The highest BCUT2D eigenvalue weighted by Gasteiger charge is 2.20. The van der Waals surface area contributed by atoms with Gasteiger partial charge in [-0.2, -0.15) is 0 Å². The number of hydrogen-bond donors (Lipinski definition) is 2. The maximum Gasteiger partial charge on any atom is 0.191 e. The van der Waals surface area contributed by atoms with Crippen LogP contribution in [0.15, 0.2) is 46.8 Å². The van der Waals surface area contributed by atoms with E-state index in [0.29, 0.717) is 19.7 Å². The summed E-state index contributed by atoms with van der Waals surface area (Å²) < 4.78 is 11.7. The topological polar surface area (TPSA) is 54.9 Å². The fourth-order valence-corrected chi connectivity index (χ4v) is 2.90. The van der Waals surface area contributed by atoms with E-state index in [9.17, 15) is 0 Å². The molecular weight excluding hydrogens is 437 g/mol. The third kappa shape index (κ3) is 5.27. The highest BCUT2D eigenvalue weighted by atomic mass is 127. The van der Waals surface area contributed by atoms with Gasteiger partial charge in [0.05, 0.1) is 13.1 Å². The average molecular weight is 459 g/mol. The number of rotatable bonds is 5. The van der Waals surface area contributed by atoms with E-state index in [2.05, 4.69) is 34.0 Å². The lowest BCUT2D eigenvalue weighted by Gasteiger charge is -2.27. The predicted octanol–water partition coefficient (Wildman–Crippen LogP) is 3.26. The third-order valence-electron chi connectivity index (χ3n) is 3.38. The van der Waals surface area contributed by atoms with Crippen molar-refractivity contribution in [2.45, 2.75) is 19.6 Å². The zero-order chi connectivity index (χ0) is 15.9. The second-order valence-electron chi connectivity index (χ2n) is 5.15. The monoisotopic (exact) mass is 459 g/mol. The Bertz CT molecular complexity index is 649. The van der Waals surface area contributed by atoms with Gasteiger partial charge in [-0.3, -0.25) is 0 Å². The third-order valence-corrected chi connectivity index (χ3v) is 4.24. The first kappa shape index (κ1) is 18.9. The molecule has 0 saturated carbocycles. The molecule has 130 valence electrons. The van der Waals surface area contributed by atoms with E-state index in [0.717, 1.165) is 24.0 Å². The highest BCUT2D eigenvalue weighted by molar-refractivity contribution is 14.0. The lowest BCUT2D eigenvalue weighted by atomic mass is 10.2. The standard InChI is InChI=1S/C17H21N3O2S.HI/c1-2-18-17(20-11-14-6-5-9-23-14)19-10-13-12-21-15-7-3-4-8-16(15)22-13;/h3-9,13H,2,10-12H2,1H3,(H2,18,19,20);1H. The number of fused-ring (bicyclic) bond motifs is 1. The smallest absolute Gasteiger partial charge is 0.191 e. The van der Waals surface area contributed by atoms with Crippen molar-refractivity contribution in [1.29, 1.82) is 0 Å². The first-order valence-corrected chi connectivity index (χ1v) is 8.66. The van der Waals surface area contributed by atoms with E-state index in [1.54, 1.807) is 11.3 Å². The zero-order valence-corrected chi connectivity index (χ0v) is 16.7. The summed E-state index contributed by atoms with van der Waals surface area (Å²) in [5.74, 6) is 2.40. The Morgan fingerprint density at radius 1 is 1.21 bits per heavy atom. The van der Waals surface area contributed by atoms with Crippen molar-refractivity contribution < 1.29 is 9.47 Å². The minimum absolute atomic E-state index is 0. The quantitative estimate of drug-likeness (QED) is 0.410. The fourth-order valence-electron chi connectivity index (χ4n) is 2.28. The summed E-state index contributed by atoms with van der Waals surface area (Å²) in [6.45, 7) is 4.73. The van der Waals surface area contributed by atoms with Gasteiger partial charge >= 0.3 is 0 Å². The van der Waals surface area contributed by atoms with Crippen molar-refractivity contribution in [3.05, 3.63) is 46.7 Å². The number of guanidine groups is 1. The van der Waals surface area contributed by atoms with Crippen LogP contribution in [0.4, 0.5) is 0 Å². The molecule has 0 spiro atoms. The molecule has 2 heterocycles. The Hall–Kier alpha value is -1.48. The number of nitrogens with zero attached hydrogens (tertiary/aromatic N) is 1. The number of halogens is 1. The summed E-state index contributed by atoms with van der Waals surface area (Å²) in [4.78, 5) is 5.84. The molecule has 0 fully saturated rings. The van der Waals surface area contributed by atoms with Gasteiger partial charge < -0.3 is 20.1 Å². The average Bonchev–Trinajstić information content (AvgIpc) is 3.11. The van der Waals surface area contributed by atoms with E-state index in [1.807, 2.05) is 30.3 Å². The van der Waals surface area contributed by atoms with Crippen LogP contribution in [-0.4, -0.2) is 31.8 Å². The van der Waals surface area contributed by atoms with Crippen LogP contribution in [0, 0.1) is 0 Å². The van der Waals surface area contributed by atoms with Gasteiger partial charge in [0.25, 0.3) is 0 Å². The number of nitrogens with one attached hydrogen (secondary N) is 2. The van der Waals surface area contributed by atoms with Crippen molar-refractivity contribution in [3.8, 4) is 11.5 Å². The molecule has 1 aliphatic heterocycles. The molecule has 0 radical (unpaired) electrons. The number of ether oxygens (including phenoxy) is 2. The molecule has 1 unspecified atom stereocenters. The SMILES string of the molecule is CCNC(=NCc1cccs1)NCC1COc2ccccc2O1.I. The van der Waals surface area contributed by atoms with Gasteiger partial charge in [-0.25, -0.2) is 4.99 Å². The molecule has 24 heavy (non-hydrogen) atoms. The molecular formula is C17H22IN3O2S. The molecule has 1 aliphatic rings. The maximum atomic E-state index is 5.94. The number of aliphatic imine (C=N–C) groups is 1. The van der Waals surface area contributed by atoms with Crippen LogP contribution >= 0.6 is 35.3 Å². The number of para-hydroxylation sites is 2. The Balaban J connectivity index is 0.00000208. The van der Waals surface area contributed by atoms with E-state index in [-0.39, 0.29) is 30.1 Å². The predicted molar refractivity (Wildman–Crippen MR) is 109 cm³/mol. The first-order chi connectivity index (χ1) is 11.3. The van der Waals surface area contributed by atoms with Crippen LogP contribution in [-0.2, 0) is 6.54 Å². The van der Waals surface area contributed by atoms with E-state index >= 15 is 0 Å². The molecule has 1 atom stereocenters.